The normalized spacial score (nSPS) is 10.3. The van der Waals surface area contributed by atoms with Crippen LogP contribution in [-0.2, 0) is 4.79 Å². The Morgan fingerprint density at radius 3 is 2.22 bits per heavy atom. The highest BCUT2D eigenvalue weighted by atomic mass is 16.5. The van der Waals surface area contributed by atoms with Gasteiger partial charge in [0.15, 0.2) is 5.75 Å². The number of aldehydes is 1. The van der Waals surface area contributed by atoms with E-state index in [9.17, 15) is 19.9 Å². The minimum Gasteiger partial charge on any atom is -0.488 e. The third-order valence-electron chi connectivity index (χ3n) is 5.36. The van der Waals surface area contributed by atoms with Gasteiger partial charge in [0.2, 0.25) is 0 Å². The van der Waals surface area contributed by atoms with E-state index in [0.717, 1.165) is 29.4 Å². The quantitative estimate of drug-likeness (QED) is 0.186. The van der Waals surface area contributed by atoms with Gasteiger partial charge in [-0.25, -0.2) is 10.5 Å². The van der Waals surface area contributed by atoms with Gasteiger partial charge in [-0.1, -0.05) is 61.0 Å². The molecule has 8 heteroatoms. The molecule has 0 saturated heterocycles. The standard InChI is InChI=1S/C24H21N3O4.C4H8O/c1-15-2-4-16(5-3-15)17-6-8-18(9-7-17)22-23(31-13-12-28)21(24(29)27-30)19-14-25-11-10-20(19)26-22;1-2-3-4-5/h2-11,14,28,30H,12-13H2,1H3,(H,27,29);4H,2-3H2,1H3. The maximum atomic E-state index is 12.5. The van der Waals surface area contributed by atoms with Gasteiger partial charge in [0.05, 0.1) is 17.7 Å². The number of carbonyl (C=O) groups excluding carboxylic acids is 2. The molecule has 0 aliphatic rings. The number of nitrogens with one attached hydrogen (secondary N) is 1. The highest BCUT2D eigenvalue weighted by Gasteiger charge is 2.23. The van der Waals surface area contributed by atoms with Crippen molar-refractivity contribution in [1.29, 1.82) is 0 Å². The van der Waals surface area contributed by atoms with E-state index in [2.05, 4.69) is 34.2 Å². The van der Waals surface area contributed by atoms with Crippen molar-refractivity contribution in [3.8, 4) is 28.1 Å². The first-order valence-corrected chi connectivity index (χ1v) is 11.6. The Morgan fingerprint density at radius 2 is 1.67 bits per heavy atom. The molecule has 0 unspecified atom stereocenters. The van der Waals surface area contributed by atoms with Crippen molar-refractivity contribution in [1.82, 2.24) is 15.4 Å². The summed E-state index contributed by atoms with van der Waals surface area (Å²) in [5, 5.41) is 19.0. The number of ether oxygens (including phenoxy) is 1. The molecule has 0 saturated carbocycles. The van der Waals surface area contributed by atoms with Crippen molar-refractivity contribution in [3.05, 3.63) is 78.1 Å². The molecule has 0 bridgehead atoms. The van der Waals surface area contributed by atoms with Crippen LogP contribution in [0.4, 0.5) is 0 Å². The van der Waals surface area contributed by atoms with Crippen LogP contribution in [0.2, 0.25) is 0 Å². The van der Waals surface area contributed by atoms with Crippen molar-refractivity contribution in [2.45, 2.75) is 26.7 Å². The van der Waals surface area contributed by atoms with Crippen LogP contribution in [0.5, 0.6) is 5.75 Å². The van der Waals surface area contributed by atoms with Gasteiger partial charge in [-0.15, -0.1) is 0 Å². The zero-order valence-electron chi connectivity index (χ0n) is 20.3. The number of pyridine rings is 2. The van der Waals surface area contributed by atoms with Gasteiger partial charge in [0.25, 0.3) is 5.91 Å². The van der Waals surface area contributed by atoms with Gasteiger partial charge >= 0.3 is 0 Å². The lowest BCUT2D eigenvalue weighted by Crippen LogP contribution is -2.21. The number of hydroxylamine groups is 1. The Hall–Kier alpha value is -4.14. The third-order valence-corrected chi connectivity index (χ3v) is 5.36. The van der Waals surface area contributed by atoms with Crippen LogP contribution in [0.3, 0.4) is 0 Å². The minimum absolute atomic E-state index is 0.0341. The van der Waals surface area contributed by atoms with E-state index in [-0.39, 0.29) is 24.5 Å². The number of benzene rings is 2. The molecule has 0 fully saturated rings. The van der Waals surface area contributed by atoms with E-state index in [1.807, 2.05) is 38.1 Å². The van der Waals surface area contributed by atoms with E-state index >= 15 is 0 Å². The lowest BCUT2D eigenvalue weighted by atomic mass is 9.99. The predicted molar refractivity (Wildman–Crippen MR) is 138 cm³/mol. The minimum atomic E-state index is -0.745. The molecule has 0 aliphatic heterocycles. The van der Waals surface area contributed by atoms with Crippen LogP contribution in [0, 0.1) is 6.92 Å². The van der Waals surface area contributed by atoms with E-state index < -0.39 is 5.91 Å². The molecule has 4 aromatic rings. The summed E-state index contributed by atoms with van der Waals surface area (Å²) in [7, 11) is 0. The first-order chi connectivity index (χ1) is 17.5. The summed E-state index contributed by atoms with van der Waals surface area (Å²) in [6.45, 7) is 3.75. The number of aliphatic hydroxyl groups excluding tert-OH is 1. The number of amides is 1. The van der Waals surface area contributed by atoms with Gasteiger partial charge in [0.1, 0.15) is 18.6 Å². The van der Waals surface area contributed by atoms with Crippen LogP contribution in [0.25, 0.3) is 33.3 Å². The molecule has 2 heterocycles. The molecular weight excluding hydrogens is 458 g/mol. The number of hydrogen-bond donors (Lipinski definition) is 3. The number of nitrogens with zero attached hydrogens (tertiary/aromatic N) is 2. The fourth-order valence-electron chi connectivity index (χ4n) is 3.54. The molecule has 0 atom stereocenters. The van der Waals surface area contributed by atoms with E-state index in [4.69, 9.17) is 4.74 Å². The van der Waals surface area contributed by atoms with Gasteiger partial charge in [-0.2, -0.15) is 0 Å². The molecule has 36 heavy (non-hydrogen) atoms. The summed E-state index contributed by atoms with van der Waals surface area (Å²) in [4.78, 5) is 30.6. The van der Waals surface area contributed by atoms with Crippen LogP contribution < -0.4 is 10.2 Å². The molecule has 1 amide bonds. The maximum absolute atomic E-state index is 12.5. The Balaban J connectivity index is 0.000000658. The zero-order chi connectivity index (χ0) is 25.9. The fraction of sp³-hybridized carbons (Fsp3) is 0.214. The lowest BCUT2D eigenvalue weighted by Gasteiger charge is -2.16. The second kappa shape index (κ2) is 13.1. The number of aryl methyl sites for hydroxylation is 1. The number of aliphatic hydroxyl groups is 1. The Labute approximate surface area is 209 Å². The summed E-state index contributed by atoms with van der Waals surface area (Å²) >= 11 is 0. The maximum Gasteiger partial charge on any atom is 0.279 e. The largest absolute Gasteiger partial charge is 0.488 e. The molecular formula is C28H29N3O5. The number of aromatic nitrogens is 2. The van der Waals surface area contributed by atoms with E-state index in [1.54, 1.807) is 17.7 Å². The smallest absolute Gasteiger partial charge is 0.279 e. The Kier molecular flexibility index (Phi) is 9.62. The average molecular weight is 488 g/mol. The second-order valence-corrected chi connectivity index (χ2v) is 7.97. The summed E-state index contributed by atoms with van der Waals surface area (Å²) in [6.07, 6.45) is 5.68. The molecule has 2 aromatic heterocycles. The molecule has 8 nitrogen and oxygen atoms in total. The summed E-state index contributed by atoms with van der Waals surface area (Å²) in [5.41, 5.74) is 6.78. The molecule has 0 spiro atoms. The van der Waals surface area contributed by atoms with Gasteiger partial charge in [-0.05, 0) is 30.5 Å². The highest BCUT2D eigenvalue weighted by molar-refractivity contribution is 6.09. The molecule has 186 valence electrons. The van der Waals surface area contributed by atoms with Crippen molar-refractivity contribution in [3.63, 3.8) is 0 Å². The molecule has 0 aliphatic carbocycles. The number of fused-ring (bicyclic) bond motifs is 1. The summed E-state index contributed by atoms with van der Waals surface area (Å²) in [6, 6.07) is 17.7. The number of unbranched alkanes of at least 4 members (excludes halogenated alkanes) is 1. The SMILES string of the molecule is CCCC=O.Cc1ccc(-c2ccc(-c3nc4ccncc4c(C(=O)NO)c3OCCO)cc2)cc1. The first kappa shape index (κ1) is 26.5. The molecule has 2 aromatic carbocycles. The van der Waals surface area contributed by atoms with Gasteiger partial charge in [-0.3, -0.25) is 15.0 Å². The Morgan fingerprint density at radius 1 is 1.03 bits per heavy atom. The summed E-state index contributed by atoms with van der Waals surface area (Å²) < 4.78 is 5.72. The van der Waals surface area contributed by atoms with Crippen LogP contribution >= 0.6 is 0 Å². The van der Waals surface area contributed by atoms with Crippen molar-refractivity contribution in [2.75, 3.05) is 13.2 Å². The Bertz CT molecular complexity index is 1310. The molecule has 3 N–H and O–H groups in total. The number of hydrogen-bond acceptors (Lipinski definition) is 7. The first-order valence-electron chi connectivity index (χ1n) is 11.6. The van der Waals surface area contributed by atoms with Crippen molar-refractivity contribution >= 4 is 23.1 Å². The number of carbonyl (C=O) groups is 2. The van der Waals surface area contributed by atoms with Crippen molar-refractivity contribution in [2.24, 2.45) is 0 Å². The topological polar surface area (TPSA) is 122 Å². The lowest BCUT2D eigenvalue weighted by molar-refractivity contribution is -0.107. The molecule has 4 rings (SSSR count). The zero-order valence-corrected chi connectivity index (χ0v) is 20.3. The van der Waals surface area contributed by atoms with Crippen LogP contribution in [0.1, 0.15) is 35.7 Å². The highest BCUT2D eigenvalue weighted by Crippen LogP contribution is 2.37. The third kappa shape index (κ3) is 6.29. The van der Waals surface area contributed by atoms with E-state index in [0.29, 0.717) is 23.0 Å². The van der Waals surface area contributed by atoms with Gasteiger partial charge in [0, 0.05) is 29.8 Å². The average Bonchev–Trinajstić information content (AvgIpc) is 2.92. The predicted octanol–water partition coefficient (Wildman–Crippen LogP) is 4.75. The van der Waals surface area contributed by atoms with E-state index in [1.165, 1.54) is 11.8 Å². The monoisotopic (exact) mass is 487 g/mol. The second-order valence-electron chi connectivity index (χ2n) is 7.97. The van der Waals surface area contributed by atoms with Crippen molar-refractivity contribution < 1.29 is 24.6 Å². The number of rotatable bonds is 8. The fourth-order valence-corrected chi connectivity index (χ4v) is 3.54. The van der Waals surface area contributed by atoms with Crippen LogP contribution in [0.15, 0.2) is 67.0 Å². The molecule has 0 radical (unpaired) electrons. The van der Waals surface area contributed by atoms with Gasteiger partial charge < -0.3 is 14.6 Å². The summed E-state index contributed by atoms with van der Waals surface area (Å²) in [5.74, 6) is -0.574. The van der Waals surface area contributed by atoms with Crippen LogP contribution in [-0.4, -0.2) is 45.7 Å².